The molecule has 1 aromatic carbocycles. The summed E-state index contributed by atoms with van der Waals surface area (Å²) < 4.78 is 5.70. The third kappa shape index (κ3) is 6.04. The summed E-state index contributed by atoms with van der Waals surface area (Å²) in [5.74, 6) is 0. The minimum atomic E-state index is 0.342. The summed E-state index contributed by atoms with van der Waals surface area (Å²) in [6.45, 7) is 2.26. The van der Waals surface area contributed by atoms with Crippen LogP contribution < -0.4 is 0 Å². The van der Waals surface area contributed by atoms with E-state index in [1.807, 2.05) is 0 Å². The number of hydrogen-bond donors (Lipinski definition) is 0. The quantitative estimate of drug-likeness (QED) is 0.479. The molecule has 0 saturated heterocycles. The standard InChI is InChI=1S/C15H26OSi/c1-2-3-4-5-6-10-13-15(16-17)14-11-8-7-9-12-14/h7-9,11-12,15H,2-6,10,13H2,1,17H3. The van der Waals surface area contributed by atoms with Crippen molar-refractivity contribution in [3.8, 4) is 0 Å². The Balaban J connectivity index is 2.20. The van der Waals surface area contributed by atoms with E-state index in [2.05, 4.69) is 37.3 Å². The van der Waals surface area contributed by atoms with Gasteiger partial charge in [-0.25, -0.2) is 0 Å². The number of unbranched alkanes of at least 4 members (excludes halogenated alkanes) is 5. The van der Waals surface area contributed by atoms with Crippen molar-refractivity contribution in [1.29, 1.82) is 0 Å². The molecule has 0 fully saturated rings. The molecular formula is C15H26OSi. The van der Waals surface area contributed by atoms with Crippen LogP contribution in [0, 0.1) is 0 Å². The molecule has 0 aliphatic rings. The van der Waals surface area contributed by atoms with E-state index >= 15 is 0 Å². The maximum absolute atomic E-state index is 5.70. The molecule has 1 unspecified atom stereocenters. The second kappa shape index (κ2) is 9.43. The minimum absolute atomic E-state index is 0.342. The maximum atomic E-state index is 5.70. The summed E-state index contributed by atoms with van der Waals surface area (Å²) in [4.78, 5) is 0. The first kappa shape index (κ1) is 14.5. The van der Waals surface area contributed by atoms with Gasteiger partial charge in [-0.05, 0) is 12.0 Å². The van der Waals surface area contributed by atoms with Crippen LogP contribution in [0.15, 0.2) is 30.3 Å². The molecule has 1 atom stereocenters. The summed E-state index contributed by atoms with van der Waals surface area (Å²) in [5, 5.41) is 0. The molecule has 1 aromatic rings. The second-order valence-corrected chi connectivity index (χ2v) is 5.16. The highest BCUT2D eigenvalue weighted by Gasteiger charge is 2.08. The largest absolute Gasteiger partial charge is 0.421 e. The van der Waals surface area contributed by atoms with Gasteiger partial charge >= 0.3 is 0 Å². The van der Waals surface area contributed by atoms with E-state index in [4.69, 9.17) is 4.43 Å². The zero-order valence-corrected chi connectivity index (χ0v) is 13.3. The molecular weight excluding hydrogens is 224 g/mol. The molecule has 0 aromatic heterocycles. The van der Waals surface area contributed by atoms with E-state index in [-0.39, 0.29) is 0 Å². The third-order valence-corrected chi connectivity index (χ3v) is 3.84. The van der Waals surface area contributed by atoms with Crippen molar-refractivity contribution >= 4 is 10.5 Å². The molecule has 17 heavy (non-hydrogen) atoms. The summed E-state index contributed by atoms with van der Waals surface area (Å²) in [6.07, 6.45) is 9.67. The van der Waals surface area contributed by atoms with E-state index in [9.17, 15) is 0 Å². The van der Waals surface area contributed by atoms with Gasteiger partial charge in [-0.3, -0.25) is 0 Å². The van der Waals surface area contributed by atoms with E-state index in [0.29, 0.717) is 6.10 Å². The topological polar surface area (TPSA) is 9.23 Å². The van der Waals surface area contributed by atoms with Gasteiger partial charge in [0, 0.05) is 0 Å². The Labute approximate surface area is 109 Å². The fourth-order valence-corrected chi connectivity index (χ4v) is 2.71. The van der Waals surface area contributed by atoms with E-state index in [1.165, 1.54) is 50.5 Å². The van der Waals surface area contributed by atoms with Crippen LogP contribution in [0.4, 0.5) is 0 Å². The molecule has 0 heterocycles. The molecule has 0 spiro atoms. The highest BCUT2D eigenvalue weighted by atomic mass is 28.2. The Hall–Kier alpha value is -0.603. The van der Waals surface area contributed by atoms with Crippen molar-refractivity contribution in [1.82, 2.24) is 0 Å². The Morgan fingerprint density at radius 3 is 2.29 bits per heavy atom. The molecule has 0 bridgehead atoms. The molecule has 0 aliphatic heterocycles. The molecule has 0 N–H and O–H groups in total. The lowest BCUT2D eigenvalue weighted by atomic mass is 10.0. The van der Waals surface area contributed by atoms with Gasteiger partial charge in [0.2, 0.25) is 0 Å². The Bertz CT molecular complexity index is 274. The minimum Gasteiger partial charge on any atom is -0.421 e. The molecule has 1 nitrogen and oxygen atoms in total. The molecule has 0 aliphatic carbocycles. The molecule has 1 rings (SSSR count). The third-order valence-electron chi connectivity index (χ3n) is 3.28. The van der Waals surface area contributed by atoms with E-state index in [1.54, 1.807) is 0 Å². The van der Waals surface area contributed by atoms with Crippen LogP contribution in [0.25, 0.3) is 0 Å². The monoisotopic (exact) mass is 250 g/mol. The summed E-state index contributed by atoms with van der Waals surface area (Å²) in [7, 11) is 0.827. The zero-order valence-electron chi connectivity index (χ0n) is 11.3. The van der Waals surface area contributed by atoms with Gasteiger partial charge in [-0.2, -0.15) is 0 Å². The smallest absolute Gasteiger partial charge is 0.146 e. The highest BCUT2D eigenvalue weighted by molar-refractivity contribution is 5.98. The SMILES string of the molecule is CCCCCCCCC(O[SiH3])c1ccccc1. The van der Waals surface area contributed by atoms with Crippen LogP contribution in [-0.2, 0) is 4.43 Å². The zero-order chi connectivity index (χ0) is 12.3. The molecule has 2 heteroatoms. The van der Waals surface area contributed by atoms with Crippen molar-refractivity contribution in [2.75, 3.05) is 0 Å². The average molecular weight is 250 g/mol. The maximum Gasteiger partial charge on any atom is 0.146 e. The van der Waals surface area contributed by atoms with Crippen molar-refractivity contribution < 1.29 is 4.43 Å². The van der Waals surface area contributed by atoms with Crippen LogP contribution in [0.5, 0.6) is 0 Å². The molecule has 0 radical (unpaired) electrons. The summed E-state index contributed by atoms with van der Waals surface area (Å²) in [5.41, 5.74) is 1.34. The first-order valence-electron chi connectivity index (χ1n) is 6.96. The normalized spacial score (nSPS) is 12.8. The van der Waals surface area contributed by atoms with E-state index < -0.39 is 0 Å². The summed E-state index contributed by atoms with van der Waals surface area (Å²) >= 11 is 0. The number of hydrogen-bond acceptors (Lipinski definition) is 1. The van der Waals surface area contributed by atoms with Crippen LogP contribution in [0.2, 0.25) is 0 Å². The lowest BCUT2D eigenvalue weighted by Crippen LogP contribution is -2.02. The second-order valence-electron chi connectivity index (χ2n) is 4.69. The molecule has 96 valence electrons. The van der Waals surface area contributed by atoms with Crippen LogP contribution in [0.3, 0.4) is 0 Å². The highest BCUT2D eigenvalue weighted by Crippen LogP contribution is 2.22. The lowest BCUT2D eigenvalue weighted by molar-refractivity contribution is 0.209. The van der Waals surface area contributed by atoms with Gasteiger partial charge in [0.25, 0.3) is 0 Å². The van der Waals surface area contributed by atoms with Crippen molar-refractivity contribution in [3.05, 3.63) is 35.9 Å². The van der Waals surface area contributed by atoms with Crippen molar-refractivity contribution in [2.45, 2.75) is 58.0 Å². The Morgan fingerprint density at radius 2 is 1.65 bits per heavy atom. The first-order chi connectivity index (χ1) is 8.38. The van der Waals surface area contributed by atoms with Gasteiger partial charge in [0.05, 0.1) is 6.10 Å². The Morgan fingerprint density at radius 1 is 1.00 bits per heavy atom. The van der Waals surface area contributed by atoms with Gasteiger partial charge in [-0.1, -0.05) is 75.8 Å². The lowest BCUT2D eigenvalue weighted by Gasteiger charge is -2.16. The average Bonchev–Trinajstić information content (AvgIpc) is 2.39. The molecule has 0 saturated carbocycles. The van der Waals surface area contributed by atoms with Crippen LogP contribution in [0.1, 0.15) is 63.5 Å². The van der Waals surface area contributed by atoms with Crippen molar-refractivity contribution in [2.24, 2.45) is 0 Å². The fraction of sp³-hybridized carbons (Fsp3) is 0.600. The predicted molar refractivity (Wildman–Crippen MR) is 78.2 cm³/mol. The molecule has 0 amide bonds. The van der Waals surface area contributed by atoms with Crippen molar-refractivity contribution in [3.63, 3.8) is 0 Å². The van der Waals surface area contributed by atoms with E-state index in [0.717, 1.165) is 10.5 Å². The van der Waals surface area contributed by atoms with Gasteiger partial charge in [-0.15, -0.1) is 0 Å². The van der Waals surface area contributed by atoms with Crippen LogP contribution in [-0.4, -0.2) is 10.5 Å². The summed E-state index contributed by atoms with van der Waals surface area (Å²) in [6, 6.07) is 10.6. The van der Waals surface area contributed by atoms with Gasteiger partial charge in [0.1, 0.15) is 10.5 Å². The first-order valence-corrected chi connectivity index (χ1v) is 7.78. The Kier molecular flexibility index (Phi) is 8.02. The number of benzene rings is 1. The fourth-order valence-electron chi connectivity index (χ4n) is 2.20. The van der Waals surface area contributed by atoms with Crippen LogP contribution >= 0.6 is 0 Å². The predicted octanol–water partition coefficient (Wildman–Crippen LogP) is 3.78. The van der Waals surface area contributed by atoms with Gasteiger partial charge in [0.15, 0.2) is 0 Å². The number of rotatable bonds is 9. The van der Waals surface area contributed by atoms with Gasteiger partial charge < -0.3 is 4.43 Å².